The normalized spacial score (nSPS) is 11.0. The Bertz CT molecular complexity index is 609. The van der Waals surface area contributed by atoms with Gasteiger partial charge in [-0.25, -0.2) is 4.98 Å². The van der Waals surface area contributed by atoms with Crippen molar-refractivity contribution >= 4 is 22.6 Å². The number of nitrogens with one attached hydrogen (secondary N) is 3. The average molecular weight is 304 g/mol. The predicted octanol–water partition coefficient (Wildman–Crippen LogP) is 2.08. The largest absolute Gasteiger partial charge is 0.383 e. The molecule has 6 heteroatoms. The van der Waals surface area contributed by atoms with E-state index in [1.807, 2.05) is 18.2 Å². The third-order valence-electron chi connectivity index (χ3n) is 3.35. The van der Waals surface area contributed by atoms with Gasteiger partial charge in [0.15, 0.2) is 0 Å². The number of aromatic amines is 1. The summed E-state index contributed by atoms with van der Waals surface area (Å²) in [5.41, 5.74) is 2.66. The van der Waals surface area contributed by atoms with E-state index in [9.17, 15) is 4.79 Å². The van der Waals surface area contributed by atoms with Crippen molar-refractivity contribution in [1.29, 1.82) is 0 Å². The Kier molecular flexibility index (Phi) is 6.36. The van der Waals surface area contributed by atoms with Gasteiger partial charge in [0, 0.05) is 25.8 Å². The fraction of sp³-hybridized carbons (Fsp3) is 0.500. The predicted molar refractivity (Wildman–Crippen MR) is 88.1 cm³/mol. The first-order valence-electron chi connectivity index (χ1n) is 7.71. The molecule has 1 amide bonds. The first-order valence-corrected chi connectivity index (χ1v) is 7.71. The molecule has 120 valence electrons. The molecule has 2 rings (SSSR count). The molecule has 1 aromatic heterocycles. The van der Waals surface area contributed by atoms with Crippen LogP contribution in [0.4, 0.5) is 5.69 Å². The molecule has 22 heavy (non-hydrogen) atoms. The molecule has 0 fully saturated rings. The lowest BCUT2D eigenvalue weighted by atomic mass is 10.2. The molecule has 0 unspecified atom stereocenters. The van der Waals surface area contributed by atoms with Crippen molar-refractivity contribution in [3.63, 3.8) is 0 Å². The van der Waals surface area contributed by atoms with Crippen molar-refractivity contribution in [2.45, 2.75) is 26.2 Å². The maximum Gasteiger partial charge on any atom is 0.238 e. The highest BCUT2D eigenvalue weighted by Crippen LogP contribution is 2.18. The van der Waals surface area contributed by atoms with Gasteiger partial charge in [0.25, 0.3) is 0 Å². The number of imidazole rings is 1. The second-order valence-electron chi connectivity index (χ2n) is 5.24. The number of ether oxygens (including phenoxy) is 1. The Morgan fingerprint density at radius 2 is 2.27 bits per heavy atom. The summed E-state index contributed by atoms with van der Waals surface area (Å²) in [6.45, 7) is 3.68. The number of nitrogens with zero attached hydrogens (tertiary/aromatic N) is 1. The maximum absolute atomic E-state index is 11.8. The minimum absolute atomic E-state index is 0.0684. The quantitative estimate of drug-likeness (QED) is 0.620. The number of benzene rings is 1. The van der Waals surface area contributed by atoms with Crippen molar-refractivity contribution in [3.05, 3.63) is 24.0 Å². The van der Waals surface area contributed by atoms with Crippen molar-refractivity contribution in [3.8, 4) is 0 Å². The fourth-order valence-electron chi connectivity index (χ4n) is 2.18. The topological polar surface area (TPSA) is 79.0 Å². The first kappa shape index (κ1) is 16.5. The summed E-state index contributed by atoms with van der Waals surface area (Å²) in [6.07, 6.45) is 3.22. The van der Waals surface area contributed by atoms with Gasteiger partial charge in [-0.3, -0.25) is 4.79 Å². The van der Waals surface area contributed by atoms with Crippen LogP contribution in [0.1, 0.15) is 25.6 Å². The van der Waals surface area contributed by atoms with Crippen LogP contribution in [0.5, 0.6) is 0 Å². The number of methoxy groups -OCH3 is 1. The Balaban J connectivity index is 1.92. The first-order chi connectivity index (χ1) is 10.7. The highest BCUT2D eigenvalue weighted by atomic mass is 16.5. The molecule has 0 aliphatic heterocycles. The Labute approximate surface area is 130 Å². The number of unbranched alkanes of at least 4 members (excludes halogenated alkanes) is 1. The molecule has 2 aromatic rings. The van der Waals surface area contributed by atoms with E-state index < -0.39 is 0 Å². The number of hydrogen-bond donors (Lipinski definition) is 3. The molecule has 0 saturated carbocycles. The van der Waals surface area contributed by atoms with Crippen LogP contribution >= 0.6 is 0 Å². The van der Waals surface area contributed by atoms with E-state index in [1.54, 1.807) is 7.11 Å². The number of rotatable bonds is 9. The SMILES string of the molecule is CCCCc1nc2ccc(NC(=O)CNCCOC)cc2[nH]1. The van der Waals surface area contributed by atoms with E-state index in [-0.39, 0.29) is 12.5 Å². The van der Waals surface area contributed by atoms with Crippen molar-refractivity contribution < 1.29 is 9.53 Å². The Hall–Kier alpha value is -1.92. The molecule has 0 atom stereocenters. The zero-order chi connectivity index (χ0) is 15.8. The van der Waals surface area contributed by atoms with Gasteiger partial charge < -0.3 is 20.4 Å². The van der Waals surface area contributed by atoms with Gasteiger partial charge in [-0.15, -0.1) is 0 Å². The summed E-state index contributed by atoms with van der Waals surface area (Å²) in [6, 6.07) is 5.72. The molecule has 1 aromatic carbocycles. The molecule has 0 bridgehead atoms. The van der Waals surface area contributed by atoms with Crippen LogP contribution in [-0.2, 0) is 16.0 Å². The standard InChI is InChI=1S/C16H24N4O2/c1-3-4-5-15-19-13-7-6-12(10-14(13)20-15)18-16(21)11-17-8-9-22-2/h6-7,10,17H,3-5,8-9,11H2,1-2H3,(H,18,21)(H,19,20). The fourth-order valence-corrected chi connectivity index (χ4v) is 2.18. The summed E-state index contributed by atoms with van der Waals surface area (Å²) in [7, 11) is 1.64. The van der Waals surface area contributed by atoms with Crippen molar-refractivity contribution in [1.82, 2.24) is 15.3 Å². The van der Waals surface area contributed by atoms with E-state index in [0.717, 1.165) is 41.8 Å². The molecule has 0 spiro atoms. The zero-order valence-electron chi connectivity index (χ0n) is 13.2. The number of aryl methyl sites for hydroxylation is 1. The third kappa shape index (κ3) is 4.82. The van der Waals surface area contributed by atoms with Gasteiger partial charge in [0.2, 0.25) is 5.91 Å². The summed E-state index contributed by atoms with van der Waals surface area (Å²) in [5.74, 6) is 0.933. The second kappa shape index (κ2) is 8.51. The minimum atomic E-state index is -0.0684. The molecular formula is C16H24N4O2. The Morgan fingerprint density at radius 1 is 1.41 bits per heavy atom. The lowest BCUT2D eigenvalue weighted by Gasteiger charge is -2.06. The van der Waals surface area contributed by atoms with Crippen LogP contribution < -0.4 is 10.6 Å². The molecule has 1 heterocycles. The Morgan fingerprint density at radius 3 is 3.05 bits per heavy atom. The second-order valence-corrected chi connectivity index (χ2v) is 5.24. The summed E-state index contributed by atoms with van der Waals surface area (Å²) in [4.78, 5) is 19.7. The molecule has 0 saturated heterocycles. The van der Waals surface area contributed by atoms with Gasteiger partial charge in [0.1, 0.15) is 5.82 Å². The van der Waals surface area contributed by atoms with Crippen molar-refractivity contribution in [2.24, 2.45) is 0 Å². The lowest BCUT2D eigenvalue weighted by Crippen LogP contribution is -2.30. The summed E-state index contributed by atoms with van der Waals surface area (Å²) < 4.78 is 4.92. The smallest absolute Gasteiger partial charge is 0.238 e. The van der Waals surface area contributed by atoms with Gasteiger partial charge >= 0.3 is 0 Å². The number of hydrogen-bond acceptors (Lipinski definition) is 4. The van der Waals surface area contributed by atoms with E-state index in [2.05, 4.69) is 27.5 Å². The van der Waals surface area contributed by atoms with Crippen LogP contribution in [0.25, 0.3) is 11.0 Å². The monoisotopic (exact) mass is 304 g/mol. The van der Waals surface area contributed by atoms with Gasteiger partial charge in [0.05, 0.1) is 24.2 Å². The molecule has 3 N–H and O–H groups in total. The van der Waals surface area contributed by atoms with Crippen LogP contribution in [-0.4, -0.2) is 42.7 Å². The number of amides is 1. The number of aromatic nitrogens is 2. The van der Waals surface area contributed by atoms with Gasteiger partial charge in [-0.1, -0.05) is 13.3 Å². The molecule has 0 aliphatic rings. The number of H-pyrrole nitrogens is 1. The molecule has 0 aliphatic carbocycles. The molecular weight excluding hydrogens is 280 g/mol. The highest BCUT2D eigenvalue weighted by molar-refractivity contribution is 5.94. The zero-order valence-corrected chi connectivity index (χ0v) is 13.2. The van der Waals surface area contributed by atoms with E-state index >= 15 is 0 Å². The number of carbonyl (C=O) groups is 1. The average Bonchev–Trinajstić information content (AvgIpc) is 2.91. The van der Waals surface area contributed by atoms with Gasteiger partial charge in [-0.2, -0.15) is 0 Å². The maximum atomic E-state index is 11.8. The number of fused-ring (bicyclic) bond motifs is 1. The number of anilines is 1. The lowest BCUT2D eigenvalue weighted by molar-refractivity contribution is -0.115. The van der Waals surface area contributed by atoms with Crippen LogP contribution in [0.2, 0.25) is 0 Å². The van der Waals surface area contributed by atoms with E-state index in [1.165, 1.54) is 0 Å². The molecule has 6 nitrogen and oxygen atoms in total. The van der Waals surface area contributed by atoms with Crippen LogP contribution in [0.3, 0.4) is 0 Å². The van der Waals surface area contributed by atoms with Crippen molar-refractivity contribution in [2.75, 3.05) is 32.1 Å². The van der Waals surface area contributed by atoms with E-state index in [0.29, 0.717) is 13.2 Å². The van der Waals surface area contributed by atoms with Crippen LogP contribution in [0.15, 0.2) is 18.2 Å². The minimum Gasteiger partial charge on any atom is -0.383 e. The highest BCUT2D eigenvalue weighted by Gasteiger charge is 2.06. The summed E-state index contributed by atoms with van der Waals surface area (Å²) in [5, 5.41) is 5.89. The third-order valence-corrected chi connectivity index (χ3v) is 3.35. The molecule has 0 radical (unpaired) electrons. The van der Waals surface area contributed by atoms with E-state index in [4.69, 9.17) is 4.74 Å². The number of carbonyl (C=O) groups excluding carboxylic acids is 1. The van der Waals surface area contributed by atoms with Crippen LogP contribution in [0, 0.1) is 0 Å². The van der Waals surface area contributed by atoms with Gasteiger partial charge in [-0.05, 0) is 24.6 Å². The summed E-state index contributed by atoms with van der Waals surface area (Å²) >= 11 is 0.